The molecule has 3 nitrogen and oxygen atoms in total. The summed E-state index contributed by atoms with van der Waals surface area (Å²) in [6, 6.07) is 17.9. The van der Waals surface area contributed by atoms with Crippen molar-refractivity contribution in [1.29, 1.82) is 0 Å². The molecule has 2 aromatic carbocycles. The molecule has 1 amide bonds. The van der Waals surface area contributed by atoms with Crippen LogP contribution in [0.3, 0.4) is 0 Å². The van der Waals surface area contributed by atoms with Gasteiger partial charge in [-0.1, -0.05) is 37.3 Å². The first-order valence-electron chi connectivity index (χ1n) is 7.45. The lowest BCUT2D eigenvalue weighted by atomic mass is 10.1. The van der Waals surface area contributed by atoms with Gasteiger partial charge >= 0.3 is 0 Å². The van der Waals surface area contributed by atoms with Crippen LogP contribution < -0.4 is 10.6 Å². The number of amides is 1. The Morgan fingerprint density at radius 1 is 0.952 bits per heavy atom. The summed E-state index contributed by atoms with van der Waals surface area (Å²) in [6.45, 7) is 3.09. The molecule has 0 saturated heterocycles. The van der Waals surface area contributed by atoms with E-state index >= 15 is 0 Å². The van der Waals surface area contributed by atoms with Crippen molar-refractivity contribution in [3.63, 3.8) is 0 Å². The maximum absolute atomic E-state index is 11.9. The lowest BCUT2D eigenvalue weighted by Gasteiger charge is -2.08. The summed E-state index contributed by atoms with van der Waals surface area (Å²) < 4.78 is 0. The first-order valence-corrected chi connectivity index (χ1v) is 7.45. The quantitative estimate of drug-likeness (QED) is 0.803. The smallest absolute Gasteiger partial charge is 0.224 e. The Hall–Kier alpha value is -2.29. The highest BCUT2D eigenvalue weighted by Crippen LogP contribution is 2.14. The third kappa shape index (κ3) is 5.30. The zero-order chi connectivity index (χ0) is 14.9. The van der Waals surface area contributed by atoms with E-state index in [9.17, 15) is 4.79 Å². The van der Waals surface area contributed by atoms with Gasteiger partial charge in [0.2, 0.25) is 5.91 Å². The van der Waals surface area contributed by atoms with E-state index in [1.807, 2.05) is 54.6 Å². The summed E-state index contributed by atoms with van der Waals surface area (Å²) in [7, 11) is 0. The molecule has 0 atom stereocenters. The maximum atomic E-state index is 11.9. The molecule has 2 aromatic rings. The van der Waals surface area contributed by atoms with Gasteiger partial charge in [-0.05, 0) is 42.7 Å². The monoisotopic (exact) mass is 282 g/mol. The number of hydrogen-bond acceptors (Lipinski definition) is 2. The number of aryl methyl sites for hydroxylation is 1. The molecule has 2 N–H and O–H groups in total. The van der Waals surface area contributed by atoms with E-state index in [0.717, 1.165) is 30.8 Å². The van der Waals surface area contributed by atoms with Crippen molar-refractivity contribution in [3.05, 3.63) is 60.2 Å². The number of carbonyl (C=O) groups excluding carboxylic acids is 1. The molecular weight excluding hydrogens is 260 g/mol. The predicted molar refractivity (Wildman–Crippen MR) is 88.6 cm³/mol. The fourth-order valence-electron chi connectivity index (χ4n) is 2.07. The van der Waals surface area contributed by atoms with Gasteiger partial charge in [-0.25, -0.2) is 0 Å². The van der Waals surface area contributed by atoms with E-state index in [0.29, 0.717) is 6.42 Å². The van der Waals surface area contributed by atoms with Crippen molar-refractivity contribution < 1.29 is 4.79 Å². The van der Waals surface area contributed by atoms with E-state index in [1.54, 1.807) is 0 Å². The Bertz CT molecular complexity index is 549. The van der Waals surface area contributed by atoms with Gasteiger partial charge in [0.05, 0.1) is 0 Å². The van der Waals surface area contributed by atoms with E-state index in [4.69, 9.17) is 0 Å². The minimum absolute atomic E-state index is 0.0492. The van der Waals surface area contributed by atoms with Gasteiger partial charge in [0, 0.05) is 24.3 Å². The molecule has 0 fully saturated rings. The van der Waals surface area contributed by atoms with Crippen molar-refractivity contribution in [2.45, 2.75) is 26.2 Å². The van der Waals surface area contributed by atoms with Crippen LogP contribution in [0.4, 0.5) is 11.4 Å². The van der Waals surface area contributed by atoms with Crippen LogP contribution >= 0.6 is 0 Å². The molecule has 0 unspecified atom stereocenters. The topological polar surface area (TPSA) is 41.1 Å². The standard InChI is InChI=1S/C18H22N2O/c1-2-14-19-16-9-11-17(12-10-16)20-18(21)13-8-15-6-4-3-5-7-15/h3-7,9-12,19H,2,8,13-14H2,1H3,(H,20,21). The third-order valence-electron chi connectivity index (χ3n) is 3.23. The maximum Gasteiger partial charge on any atom is 0.224 e. The van der Waals surface area contributed by atoms with Crippen molar-refractivity contribution in [2.75, 3.05) is 17.2 Å². The van der Waals surface area contributed by atoms with Crippen LogP contribution in [-0.4, -0.2) is 12.5 Å². The summed E-state index contributed by atoms with van der Waals surface area (Å²) in [6.07, 6.45) is 2.36. The molecule has 3 heteroatoms. The molecule has 21 heavy (non-hydrogen) atoms. The van der Waals surface area contributed by atoms with Crippen LogP contribution in [0.1, 0.15) is 25.3 Å². The first-order chi connectivity index (χ1) is 10.3. The van der Waals surface area contributed by atoms with Gasteiger partial charge in [-0.15, -0.1) is 0 Å². The average molecular weight is 282 g/mol. The highest BCUT2D eigenvalue weighted by Gasteiger charge is 2.03. The highest BCUT2D eigenvalue weighted by molar-refractivity contribution is 5.91. The van der Waals surface area contributed by atoms with Gasteiger partial charge in [0.15, 0.2) is 0 Å². The van der Waals surface area contributed by atoms with Crippen LogP contribution in [-0.2, 0) is 11.2 Å². The fourth-order valence-corrected chi connectivity index (χ4v) is 2.07. The molecule has 0 aliphatic carbocycles. The van der Waals surface area contributed by atoms with Gasteiger partial charge in [-0.2, -0.15) is 0 Å². The van der Waals surface area contributed by atoms with Gasteiger partial charge < -0.3 is 10.6 Å². The molecule has 0 saturated carbocycles. The average Bonchev–Trinajstić information content (AvgIpc) is 2.53. The van der Waals surface area contributed by atoms with Crippen LogP contribution in [0.15, 0.2) is 54.6 Å². The number of carbonyl (C=O) groups is 1. The Morgan fingerprint density at radius 3 is 2.29 bits per heavy atom. The highest BCUT2D eigenvalue weighted by atomic mass is 16.1. The minimum atomic E-state index is 0.0492. The van der Waals surface area contributed by atoms with E-state index < -0.39 is 0 Å². The molecule has 0 aliphatic rings. The van der Waals surface area contributed by atoms with Gasteiger partial charge in [0.25, 0.3) is 0 Å². The fraction of sp³-hybridized carbons (Fsp3) is 0.278. The molecule has 110 valence electrons. The second kappa shape index (κ2) is 8.10. The zero-order valence-corrected chi connectivity index (χ0v) is 12.4. The summed E-state index contributed by atoms with van der Waals surface area (Å²) >= 11 is 0. The van der Waals surface area contributed by atoms with Crippen molar-refractivity contribution >= 4 is 17.3 Å². The van der Waals surface area contributed by atoms with Crippen LogP contribution in [0.5, 0.6) is 0 Å². The summed E-state index contributed by atoms with van der Waals surface area (Å²) in [5.74, 6) is 0.0492. The Morgan fingerprint density at radius 2 is 1.62 bits per heavy atom. The number of anilines is 2. The summed E-state index contributed by atoms with van der Waals surface area (Å²) in [5.41, 5.74) is 3.11. The SMILES string of the molecule is CCCNc1ccc(NC(=O)CCc2ccccc2)cc1. The van der Waals surface area contributed by atoms with Crippen molar-refractivity contribution in [3.8, 4) is 0 Å². The molecule has 2 rings (SSSR count). The largest absolute Gasteiger partial charge is 0.385 e. The molecular formula is C18H22N2O. The lowest BCUT2D eigenvalue weighted by Crippen LogP contribution is -2.12. The molecule has 0 radical (unpaired) electrons. The van der Waals surface area contributed by atoms with Gasteiger partial charge in [-0.3, -0.25) is 4.79 Å². The molecule has 0 bridgehead atoms. The zero-order valence-electron chi connectivity index (χ0n) is 12.4. The lowest BCUT2D eigenvalue weighted by molar-refractivity contribution is -0.116. The molecule has 0 heterocycles. The van der Waals surface area contributed by atoms with Crippen molar-refractivity contribution in [2.24, 2.45) is 0 Å². The van der Waals surface area contributed by atoms with Gasteiger partial charge in [0.1, 0.15) is 0 Å². The van der Waals surface area contributed by atoms with Crippen LogP contribution in [0.25, 0.3) is 0 Å². The second-order valence-corrected chi connectivity index (χ2v) is 5.04. The third-order valence-corrected chi connectivity index (χ3v) is 3.23. The predicted octanol–water partition coefficient (Wildman–Crippen LogP) is 4.08. The van der Waals surface area contributed by atoms with Crippen LogP contribution in [0, 0.1) is 0 Å². The number of benzene rings is 2. The Kier molecular flexibility index (Phi) is 5.83. The van der Waals surface area contributed by atoms with Crippen LogP contribution in [0.2, 0.25) is 0 Å². The number of nitrogens with one attached hydrogen (secondary N) is 2. The minimum Gasteiger partial charge on any atom is -0.385 e. The van der Waals surface area contributed by atoms with E-state index in [-0.39, 0.29) is 5.91 Å². The molecule has 0 spiro atoms. The first kappa shape index (κ1) is 15.1. The summed E-state index contributed by atoms with van der Waals surface area (Å²) in [4.78, 5) is 11.9. The second-order valence-electron chi connectivity index (χ2n) is 5.04. The Labute approximate surface area is 126 Å². The normalized spacial score (nSPS) is 10.1. The number of rotatable bonds is 7. The molecule has 0 aliphatic heterocycles. The van der Waals surface area contributed by atoms with E-state index in [1.165, 1.54) is 5.56 Å². The summed E-state index contributed by atoms with van der Waals surface area (Å²) in [5, 5.41) is 6.24. The Balaban J connectivity index is 1.79. The number of hydrogen-bond donors (Lipinski definition) is 2. The van der Waals surface area contributed by atoms with E-state index in [2.05, 4.69) is 17.6 Å². The molecule has 0 aromatic heterocycles. The van der Waals surface area contributed by atoms with Crippen molar-refractivity contribution in [1.82, 2.24) is 0 Å².